The van der Waals surface area contributed by atoms with Crippen LogP contribution in [0.1, 0.15) is 49.9 Å². The molecule has 0 unspecified atom stereocenters. The summed E-state index contributed by atoms with van der Waals surface area (Å²) >= 11 is 0. The Hall–Kier alpha value is -1.04. The van der Waals surface area contributed by atoms with Crippen molar-refractivity contribution in [1.82, 2.24) is 0 Å². The number of allylic oxidation sites excluding steroid dienone is 2. The van der Waals surface area contributed by atoms with E-state index in [4.69, 9.17) is 0 Å². The summed E-state index contributed by atoms with van der Waals surface area (Å²) < 4.78 is 0. The molecule has 0 N–H and O–H groups in total. The normalized spacial score (nSPS) is 18.3. The number of fused-ring (bicyclic) bond motifs is 1. The van der Waals surface area contributed by atoms with Crippen LogP contribution in [0.3, 0.4) is 0 Å². The van der Waals surface area contributed by atoms with Gasteiger partial charge in [0.1, 0.15) is 0 Å². The minimum Gasteiger partial charge on any atom is -0.0597 e. The number of aryl methyl sites for hydroxylation is 2. The molecule has 0 saturated carbocycles. The lowest BCUT2D eigenvalue weighted by molar-refractivity contribution is 0.634. The third-order valence-electron chi connectivity index (χ3n) is 4.12. The Labute approximate surface area is 93.0 Å². The largest absolute Gasteiger partial charge is 0.0597 e. The molecule has 15 heavy (non-hydrogen) atoms. The smallest absolute Gasteiger partial charge is 0.0117 e. The second-order valence-electron chi connectivity index (χ2n) is 5.32. The van der Waals surface area contributed by atoms with Gasteiger partial charge in [-0.05, 0) is 55.5 Å². The zero-order valence-corrected chi connectivity index (χ0v) is 10.7. The van der Waals surface area contributed by atoms with E-state index in [9.17, 15) is 0 Å². The number of rotatable bonds is 0. The summed E-state index contributed by atoms with van der Waals surface area (Å²) in [7, 11) is 0. The Bertz CT molecular complexity index is 459. The number of hydrogen-bond acceptors (Lipinski definition) is 0. The van der Waals surface area contributed by atoms with Gasteiger partial charge in [0.05, 0.1) is 0 Å². The maximum atomic E-state index is 2.34. The number of benzene rings is 1. The Balaban J connectivity index is 2.86. The van der Waals surface area contributed by atoms with Gasteiger partial charge in [0.15, 0.2) is 0 Å². The molecule has 0 saturated heterocycles. The predicted octanol–water partition coefficient (Wildman–Crippen LogP) is 4.39. The molecule has 80 valence electrons. The zero-order valence-electron chi connectivity index (χ0n) is 10.7. The SMILES string of the molecule is CC1=C(C)C(C)(C)c2c(C)ccc(C)c21. The summed E-state index contributed by atoms with van der Waals surface area (Å²) in [4.78, 5) is 0. The van der Waals surface area contributed by atoms with E-state index >= 15 is 0 Å². The molecule has 2 rings (SSSR count). The Morgan fingerprint density at radius 3 is 1.93 bits per heavy atom. The van der Waals surface area contributed by atoms with Gasteiger partial charge in [-0.2, -0.15) is 0 Å². The molecule has 1 aromatic carbocycles. The van der Waals surface area contributed by atoms with Gasteiger partial charge in [0.25, 0.3) is 0 Å². The topological polar surface area (TPSA) is 0 Å². The summed E-state index contributed by atoms with van der Waals surface area (Å²) in [5, 5.41) is 0. The van der Waals surface area contributed by atoms with Crippen LogP contribution >= 0.6 is 0 Å². The monoisotopic (exact) mass is 200 g/mol. The first-order valence-electron chi connectivity index (χ1n) is 5.66. The summed E-state index contributed by atoms with van der Waals surface area (Å²) in [5.74, 6) is 0. The van der Waals surface area contributed by atoms with Gasteiger partial charge >= 0.3 is 0 Å². The van der Waals surface area contributed by atoms with Gasteiger partial charge < -0.3 is 0 Å². The van der Waals surface area contributed by atoms with Crippen molar-refractivity contribution in [3.63, 3.8) is 0 Å². The van der Waals surface area contributed by atoms with Crippen molar-refractivity contribution >= 4 is 5.57 Å². The first-order valence-corrected chi connectivity index (χ1v) is 5.66. The van der Waals surface area contributed by atoms with Crippen molar-refractivity contribution < 1.29 is 0 Å². The lowest BCUT2D eigenvalue weighted by Gasteiger charge is -2.24. The van der Waals surface area contributed by atoms with E-state index < -0.39 is 0 Å². The van der Waals surface area contributed by atoms with Gasteiger partial charge in [-0.25, -0.2) is 0 Å². The number of hydrogen-bond donors (Lipinski definition) is 0. The molecule has 0 radical (unpaired) electrons. The maximum Gasteiger partial charge on any atom is 0.0117 e. The molecule has 0 aliphatic heterocycles. The van der Waals surface area contributed by atoms with E-state index in [1.165, 1.54) is 33.4 Å². The van der Waals surface area contributed by atoms with Crippen LogP contribution in [0.4, 0.5) is 0 Å². The molecule has 0 spiro atoms. The van der Waals surface area contributed by atoms with E-state index in [0.29, 0.717) is 0 Å². The van der Waals surface area contributed by atoms with Crippen molar-refractivity contribution in [3.8, 4) is 0 Å². The highest BCUT2D eigenvalue weighted by molar-refractivity contribution is 5.81. The van der Waals surface area contributed by atoms with Crippen molar-refractivity contribution in [2.45, 2.75) is 47.0 Å². The molecule has 1 aromatic rings. The molecular formula is C15H20. The van der Waals surface area contributed by atoms with Gasteiger partial charge in [-0.3, -0.25) is 0 Å². The van der Waals surface area contributed by atoms with Crippen molar-refractivity contribution in [1.29, 1.82) is 0 Å². The standard InChI is InChI=1S/C15H20/c1-9-7-8-10(2)14-13(9)11(3)12(4)15(14,5)6/h7-8H,1-6H3. The van der Waals surface area contributed by atoms with E-state index in [-0.39, 0.29) is 5.41 Å². The highest BCUT2D eigenvalue weighted by Crippen LogP contribution is 2.48. The van der Waals surface area contributed by atoms with Gasteiger partial charge in [-0.15, -0.1) is 0 Å². The van der Waals surface area contributed by atoms with Crippen LogP contribution in [0.5, 0.6) is 0 Å². The molecule has 0 aromatic heterocycles. The maximum absolute atomic E-state index is 2.34. The molecule has 0 heteroatoms. The third kappa shape index (κ3) is 1.20. The average molecular weight is 200 g/mol. The molecule has 0 amide bonds. The molecule has 0 atom stereocenters. The highest BCUT2D eigenvalue weighted by Gasteiger charge is 2.35. The van der Waals surface area contributed by atoms with Gasteiger partial charge in [0.2, 0.25) is 0 Å². The van der Waals surface area contributed by atoms with Crippen LogP contribution in [0.15, 0.2) is 17.7 Å². The van der Waals surface area contributed by atoms with Crippen LogP contribution in [0, 0.1) is 13.8 Å². The molecule has 0 fully saturated rings. The molecule has 1 aliphatic carbocycles. The average Bonchev–Trinajstić information content (AvgIpc) is 2.34. The van der Waals surface area contributed by atoms with E-state index in [0.717, 1.165) is 0 Å². The first kappa shape index (κ1) is 10.5. The quantitative estimate of drug-likeness (QED) is 0.582. The molecule has 0 nitrogen and oxygen atoms in total. The summed E-state index contributed by atoms with van der Waals surface area (Å²) in [6.45, 7) is 13.7. The second kappa shape index (κ2) is 2.98. The van der Waals surface area contributed by atoms with Crippen molar-refractivity contribution in [2.24, 2.45) is 0 Å². The van der Waals surface area contributed by atoms with Crippen LogP contribution in [0.25, 0.3) is 5.57 Å². The zero-order chi connectivity index (χ0) is 11.4. The lowest BCUT2D eigenvalue weighted by Crippen LogP contribution is -2.17. The van der Waals surface area contributed by atoms with Gasteiger partial charge in [-0.1, -0.05) is 31.6 Å². The summed E-state index contributed by atoms with van der Waals surface area (Å²) in [6, 6.07) is 4.49. The van der Waals surface area contributed by atoms with Crippen LogP contribution in [-0.4, -0.2) is 0 Å². The van der Waals surface area contributed by atoms with Crippen molar-refractivity contribution in [3.05, 3.63) is 40.0 Å². The van der Waals surface area contributed by atoms with E-state index in [1.54, 1.807) is 0 Å². The first-order chi connectivity index (χ1) is 6.87. The van der Waals surface area contributed by atoms with Crippen LogP contribution in [-0.2, 0) is 5.41 Å². The van der Waals surface area contributed by atoms with Crippen LogP contribution in [0.2, 0.25) is 0 Å². The Morgan fingerprint density at radius 1 is 0.867 bits per heavy atom. The van der Waals surface area contributed by atoms with Crippen molar-refractivity contribution in [2.75, 3.05) is 0 Å². The van der Waals surface area contributed by atoms with Crippen LogP contribution < -0.4 is 0 Å². The third-order valence-corrected chi connectivity index (χ3v) is 4.12. The lowest BCUT2D eigenvalue weighted by atomic mass is 9.79. The molecule has 0 heterocycles. The van der Waals surface area contributed by atoms with E-state index in [1.807, 2.05) is 0 Å². The van der Waals surface area contributed by atoms with Gasteiger partial charge in [0, 0.05) is 5.41 Å². The molecule has 0 bridgehead atoms. The minimum atomic E-state index is 0.218. The fraction of sp³-hybridized carbons (Fsp3) is 0.467. The Kier molecular flexibility index (Phi) is 2.08. The summed E-state index contributed by atoms with van der Waals surface area (Å²) in [5.41, 5.74) is 9.10. The predicted molar refractivity (Wildman–Crippen MR) is 67.2 cm³/mol. The molecule has 1 aliphatic rings. The second-order valence-corrected chi connectivity index (χ2v) is 5.32. The fourth-order valence-electron chi connectivity index (χ4n) is 2.94. The fourth-order valence-corrected chi connectivity index (χ4v) is 2.94. The molecular weight excluding hydrogens is 180 g/mol. The Morgan fingerprint density at radius 2 is 1.40 bits per heavy atom. The minimum absolute atomic E-state index is 0.218. The van der Waals surface area contributed by atoms with E-state index in [2.05, 4.69) is 53.7 Å². The highest BCUT2D eigenvalue weighted by atomic mass is 14.4. The summed E-state index contributed by atoms with van der Waals surface area (Å²) in [6.07, 6.45) is 0.